The number of rotatable bonds is 5. The Hall–Kier alpha value is -1.67. The van der Waals surface area contributed by atoms with E-state index in [1.807, 2.05) is 35.8 Å². The van der Waals surface area contributed by atoms with Gasteiger partial charge in [-0.25, -0.2) is 0 Å². The van der Waals surface area contributed by atoms with E-state index >= 15 is 0 Å². The fourth-order valence-corrected chi connectivity index (χ4v) is 2.78. The summed E-state index contributed by atoms with van der Waals surface area (Å²) < 4.78 is 0. The number of thiophene rings is 1. The van der Waals surface area contributed by atoms with E-state index in [4.69, 9.17) is 5.11 Å². The van der Waals surface area contributed by atoms with Crippen LogP contribution in [0.4, 0.5) is 0 Å². The number of pyridine rings is 1. The summed E-state index contributed by atoms with van der Waals surface area (Å²) in [4.78, 5) is 7.94. The molecule has 0 bridgehead atoms. The third-order valence-electron chi connectivity index (χ3n) is 2.97. The molecule has 2 aromatic rings. The number of hydrogen-bond acceptors (Lipinski definition) is 4. The molecule has 0 unspecified atom stereocenters. The van der Waals surface area contributed by atoms with Crippen LogP contribution < -0.4 is 0 Å². The standard InChI is InChI=1S/C16H18N2OS/c1-2-18(12-15-7-3-4-9-17-15)13-16-14(6-5-10-19)8-11-20-16/h3-4,7-9,11,19H,2,10,12-13H2,1H3. The highest BCUT2D eigenvalue weighted by atomic mass is 32.1. The fraction of sp³-hybridized carbons (Fsp3) is 0.312. The molecule has 3 nitrogen and oxygen atoms in total. The van der Waals surface area contributed by atoms with E-state index in [2.05, 4.69) is 28.6 Å². The van der Waals surface area contributed by atoms with Crippen molar-refractivity contribution in [3.05, 3.63) is 52.0 Å². The highest BCUT2D eigenvalue weighted by molar-refractivity contribution is 7.10. The summed E-state index contributed by atoms with van der Waals surface area (Å²) in [5, 5.41) is 10.8. The van der Waals surface area contributed by atoms with Crippen LogP contribution in [0.2, 0.25) is 0 Å². The zero-order chi connectivity index (χ0) is 14.2. The average molecular weight is 286 g/mol. The summed E-state index contributed by atoms with van der Waals surface area (Å²) in [5.41, 5.74) is 2.09. The van der Waals surface area contributed by atoms with Gasteiger partial charge in [-0.3, -0.25) is 9.88 Å². The maximum Gasteiger partial charge on any atom is 0.104 e. The molecule has 0 aliphatic heterocycles. The lowest BCUT2D eigenvalue weighted by atomic mass is 10.2. The number of nitrogens with zero attached hydrogens (tertiary/aromatic N) is 2. The Bertz CT molecular complexity index is 583. The van der Waals surface area contributed by atoms with E-state index in [0.29, 0.717) is 0 Å². The first-order valence-electron chi connectivity index (χ1n) is 6.61. The van der Waals surface area contributed by atoms with Crippen molar-refractivity contribution < 1.29 is 5.11 Å². The quantitative estimate of drug-likeness (QED) is 0.858. The van der Waals surface area contributed by atoms with Gasteiger partial charge in [-0.05, 0) is 30.1 Å². The molecular formula is C16H18N2OS. The third-order valence-corrected chi connectivity index (χ3v) is 3.88. The molecule has 0 fully saturated rings. The Kier molecular flexibility index (Phi) is 5.75. The van der Waals surface area contributed by atoms with Crippen molar-refractivity contribution in [2.24, 2.45) is 0 Å². The van der Waals surface area contributed by atoms with Crippen molar-refractivity contribution in [1.29, 1.82) is 0 Å². The van der Waals surface area contributed by atoms with Gasteiger partial charge in [0.2, 0.25) is 0 Å². The molecular weight excluding hydrogens is 268 g/mol. The first-order chi connectivity index (χ1) is 9.83. The molecule has 0 aliphatic carbocycles. The van der Waals surface area contributed by atoms with E-state index in [1.165, 1.54) is 4.88 Å². The normalized spacial score (nSPS) is 10.3. The summed E-state index contributed by atoms with van der Waals surface area (Å²) in [6, 6.07) is 8.00. The van der Waals surface area contributed by atoms with Crippen LogP contribution in [0, 0.1) is 11.8 Å². The van der Waals surface area contributed by atoms with Crippen LogP contribution in [-0.2, 0) is 13.1 Å². The first-order valence-corrected chi connectivity index (χ1v) is 7.49. The molecule has 1 N–H and O–H groups in total. The van der Waals surface area contributed by atoms with E-state index in [9.17, 15) is 0 Å². The average Bonchev–Trinajstić information content (AvgIpc) is 2.92. The maximum absolute atomic E-state index is 8.79. The topological polar surface area (TPSA) is 36.4 Å². The Balaban J connectivity index is 2.05. The largest absolute Gasteiger partial charge is 0.384 e. The van der Waals surface area contributed by atoms with Gasteiger partial charge < -0.3 is 5.11 Å². The van der Waals surface area contributed by atoms with Crippen molar-refractivity contribution in [2.45, 2.75) is 20.0 Å². The van der Waals surface area contributed by atoms with Crippen molar-refractivity contribution in [3.63, 3.8) is 0 Å². The molecule has 0 amide bonds. The number of aliphatic hydroxyl groups excluding tert-OH is 1. The van der Waals surface area contributed by atoms with Crippen LogP contribution in [0.3, 0.4) is 0 Å². The molecule has 2 aromatic heterocycles. The van der Waals surface area contributed by atoms with Crippen molar-refractivity contribution in [3.8, 4) is 11.8 Å². The Morgan fingerprint density at radius 1 is 1.30 bits per heavy atom. The summed E-state index contributed by atoms with van der Waals surface area (Å²) >= 11 is 1.71. The second-order valence-corrected chi connectivity index (χ2v) is 5.34. The molecule has 20 heavy (non-hydrogen) atoms. The zero-order valence-corrected chi connectivity index (χ0v) is 12.4. The van der Waals surface area contributed by atoms with Gasteiger partial charge in [0, 0.05) is 29.7 Å². The number of aliphatic hydroxyl groups is 1. The van der Waals surface area contributed by atoms with E-state index < -0.39 is 0 Å². The van der Waals surface area contributed by atoms with Crippen LogP contribution >= 0.6 is 11.3 Å². The number of hydrogen-bond donors (Lipinski definition) is 1. The summed E-state index contributed by atoms with van der Waals surface area (Å²) in [6.45, 7) is 4.71. The SMILES string of the molecule is CCN(Cc1ccccn1)Cc1sccc1C#CCO. The van der Waals surface area contributed by atoms with Crippen LogP contribution in [-0.4, -0.2) is 28.1 Å². The molecule has 0 aliphatic rings. The minimum Gasteiger partial charge on any atom is -0.384 e. The Morgan fingerprint density at radius 3 is 2.90 bits per heavy atom. The molecule has 0 saturated heterocycles. The van der Waals surface area contributed by atoms with Gasteiger partial charge >= 0.3 is 0 Å². The molecule has 104 valence electrons. The number of aromatic nitrogens is 1. The summed E-state index contributed by atoms with van der Waals surface area (Å²) in [6.07, 6.45) is 1.83. The molecule has 2 rings (SSSR count). The molecule has 0 radical (unpaired) electrons. The first kappa shape index (κ1) is 14.7. The fourth-order valence-electron chi connectivity index (χ4n) is 1.91. The zero-order valence-electron chi connectivity index (χ0n) is 11.5. The molecule has 4 heteroatoms. The van der Waals surface area contributed by atoms with Gasteiger partial charge in [0.25, 0.3) is 0 Å². The highest BCUT2D eigenvalue weighted by Gasteiger charge is 2.09. The van der Waals surface area contributed by atoms with Gasteiger partial charge in [-0.15, -0.1) is 11.3 Å². The molecule has 0 atom stereocenters. The summed E-state index contributed by atoms with van der Waals surface area (Å²) in [7, 11) is 0. The molecule has 0 aromatic carbocycles. The second-order valence-electron chi connectivity index (χ2n) is 4.34. The van der Waals surface area contributed by atoms with Crippen molar-refractivity contribution in [1.82, 2.24) is 9.88 Å². The van der Waals surface area contributed by atoms with Crippen molar-refractivity contribution in [2.75, 3.05) is 13.2 Å². The van der Waals surface area contributed by atoms with Gasteiger partial charge in [-0.1, -0.05) is 24.8 Å². The lowest BCUT2D eigenvalue weighted by Crippen LogP contribution is -2.22. The van der Waals surface area contributed by atoms with E-state index in [0.717, 1.165) is 30.9 Å². The lowest BCUT2D eigenvalue weighted by molar-refractivity contribution is 0.270. The maximum atomic E-state index is 8.79. The molecule has 0 saturated carbocycles. The van der Waals surface area contributed by atoms with Crippen LogP contribution in [0.25, 0.3) is 0 Å². The predicted molar refractivity (Wildman–Crippen MR) is 82.3 cm³/mol. The van der Waals surface area contributed by atoms with E-state index in [1.54, 1.807) is 11.3 Å². The second kappa shape index (κ2) is 7.81. The Morgan fingerprint density at radius 2 is 2.20 bits per heavy atom. The molecule has 0 spiro atoms. The van der Waals surface area contributed by atoms with Crippen LogP contribution in [0.1, 0.15) is 23.1 Å². The smallest absolute Gasteiger partial charge is 0.104 e. The summed E-state index contributed by atoms with van der Waals surface area (Å²) in [5.74, 6) is 5.72. The van der Waals surface area contributed by atoms with Gasteiger partial charge in [0.05, 0.1) is 5.69 Å². The van der Waals surface area contributed by atoms with Crippen molar-refractivity contribution >= 4 is 11.3 Å². The predicted octanol–water partition coefficient (Wildman–Crippen LogP) is 2.51. The monoisotopic (exact) mass is 286 g/mol. The molecule has 2 heterocycles. The van der Waals surface area contributed by atoms with Gasteiger partial charge in [0.1, 0.15) is 6.61 Å². The minimum atomic E-state index is -0.0965. The highest BCUT2D eigenvalue weighted by Crippen LogP contribution is 2.19. The van der Waals surface area contributed by atoms with Gasteiger partial charge in [0.15, 0.2) is 0 Å². The third kappa shape index (κ3) is 4.17. The minimum absolute atomic E-state index is 0.0965. The lowest BCUT2D eigenvalue weighted by Gasteiger charge is -2.19. The van der Waals surface area contributed by atoms with Gasteiger partial charge in [-0.2, -0.15) is 0 Å². The van der Waals surface area contributed by atoms with E-state index in [-0.39, 0.29) is 6.61 Å². The Labute approximate surface area is 123 Å². The van der Waals surface area contributed by atoms with Crippen LogP contribution in [0.15, 0.2) is 35.8 Å². The van der Waals surface area contributed by atoms with Crippen LogP contribution in [0.5, 0.6) is 0 Å².